The first-order valence-electron chi connectivity index (χ1n) is 10.4. The lowest BCUT2D eigenvalue weighted by Crippen LogP contribution is -2.01. The van der Waals surface area contributed by atoms with Gasteiger partial charge >= 0.3 is 0 Å². The summed E-state index contributed by atoms with van der Waals surface area (Å²) in [7, 11) is 0. The van der Waals surface area contributed by atoms with E-state index in [0.717, 1.165) is 28.6 Å². The van der Waals surface area contributed by atoms with Crippen LogP contribution in [0.1, 0.15) is 23.1 Å². The third-order valence-corrected chi connectivity index (χ3v) is 5.17. The molecule has 0 aliphatic carbocycles. The summed E-state index contributed by atoms with van der Waals surface area (Å²) in [6.45, 7) is 0.740. The van der Waals surface area contributed by atoms with Gasteiger partial charge in [0.15, 0.2) is 11.6 Å². The van der Waals surface area contributed by atoms with Crippen LogP contribution in [0.25, 0.3) is 23.1 Å². The van der Waals surface area contributed by atoms with Crippen LogP contribution in [-0.2, 0) is 16.1 Å². The Morgan fingerprint density at radius 3 is 2.19 bits per heavy atom. The maximum atomic E-state index is 12.3. The fourth-order valence-electron chi connectivity index (χ4n) is 3.57. The first-order valence-corrected chi connectivity index (χ1v) is 10.4. The number of nitrogens with zero attached hydrogens (tertiary/aromatic N) is 1. The van der Waals surface area contributed by atoms with E-state index in [1.807, 2.05) is 42.6 Å². The summed E-state index contributed by atoms with van der Waals surface area (Å²) in [4.78, 5) is 24.5. The van der Waals surface area contributed by atoms with Gasteiger partial charge in [-0.15, -0.1) is 0 Å². The second-order valence-corrected chi connectivity index (χ2v) is 7.58. The van der Waals surface area contributed by atoms with E-state index in [1.54, 1.807) is 36.4 Å². The van der Waals surface area contributed by atoms with E-state index in [4.69, 9.17) is 0 Å². The number of allylic oxidation sites excluding steroid dienone is 2. The molecule has 4 nitrogen and oxygen atoms in total. The minimum absolute atomic E-state index is 0.166. The molecule has 0 radical (unpaired) electrons. The average Bonchev–Trinajstić information content (AvgIpc) is 3.15. The second-order valence-electron chi connectivity index (χ2n) is 7.58. The highest BCUT2D eigenvalue weighted by Crippen LogP contribution is 2.23. The van der Waals surface area contributed by atoms with Crippen molar-refractivity contribution in [2.45, 2.75) is 13.0 Å². The molecule has 4 aromatic rings. The van der Waals surface area contributed by atoms with Crippen LogP contribution in [0.3, 0.4) is 0 Å². The van der Waals surface area contributed by atoms with Gasteiger partial charge in [0.25, 0.3) is 0 Å². The molecule has 3 aromatic carbocycles. The molecular weight excluding hydrogens is 398 g/mol. The van der Waals surface area contributed by atoms with Gasteiger partial charge in [-0.25, -0.2) is 0 Å². The summed E-state index contributed by atoms with van der Waals surface area (Å²) in [6.07, 6.45) is 8.13. The molecule has 1 aromatic heterocycles. The van der Waals surface area contributed by atoms with Crippen LogP contribution < -0.4 is 0 Å². The maximum Gasteiger partial charge on any atom is 0.163 e. The van der Waals surface area contributed by atoms with Gasteiger partial charge in [0.05, 0.1) is 6.42 Å². The van der Waals surface area contributed by atoms with Gasteiger partial charge in [-0.2, -0.15) is 0 Å². The Kier molecular flexibility index (Phi) is 6.42. The Balaban J connectivity index is 1.45. The van der Waals surface area contributed by atoms with Crippen molar-refractivity contribution < 1.29 is 14.7 Å². The summed E-state index contributed by atoms with van der Waals surface area (Å²) in [6, 6.07) is 24.8. The predicted molar refractivity (Wildman–Crippen MR) is 128 cm³/mol. The second kappa shape index (κ2) is 9.75. The van der Waals surface area contributed by atoms with Gasteiger partial charge < -0.3 is 9.67 Å². The lowest BCUT2D eigenvalue weighted by atomic mass is 10.1. The molecule has 0 saturated carbocycles. The lowest BCUT2D eigenvalue weighted by Gasteiger charge is -2.05. The summed E-state index contributed by atoms with van der Waals surface area (Å²) in [5, 5.41) is 10.4. The van der Waals surface area contributed by atoms with Crippen LogP contribution in [0.5, 0.6) is 5.75 Å². The minimum Gasteiger partial charge on any atom is -0.508 e. The van der Waals surface area contributed by atoms with E-state index in [1.165, 1.54) is 17.7 Å². The Morgan fingerprint density at radius 2 is 1.44 bits per heavy atom. The topological polar surface area (TPSA) is 59.3 Å². The molecule has 0 spiro atoms. The molecule has 4 rings (SSSR count). The number of aromatic nitrogens is 1. The van der Waals surface area contributed by atoms with Crippen molar-refractivity contribution in [1.82, 2.24) is 4.57 Å². The zero-order valence-electron chi connectivity index (χ0n) is 17.5. The Bertz CT molecular complexity index is 1300. The number of phenolic OH excluding ortho intramolecular Hbond substituents is 1. The third kappa shape index (κ3) is 5.29. The van der Waals surface area contributed by atoms with Crippen LogP contribution in [-0.4, -0.2) is 21.2 Å². The van der Waals surface area contributed by atoms with Gasteiger partial charge in [0.1, 0.15) is 5.75 Å². The number of ketones is 2. The minimum atomic E-state index is -0.265. The SMILES string of the molecule is O=C(C=Cc1ccc(O)cc1)CC(=O)C=Cc1cn(Cc2ccccc2)c2ccccc12. The molecule has 4 heteroatoms. The van der Waals surface area contributed by atoms with Crippen LogP contribution in [0, 0.1) is 0 Å². The number of carbonyl (C=O) groups excluding carboxylic acids is 2. The van der Waals surface area contributed by atoms with Crippen molar-refractivity contribution in [1.29, 1.82) is 0 Å². The molecule has 1 heterocycles. The highest BCUT2D eigenvalue weighted by molar-refractivity contribution is 6.11. The largest absolute Gasteiger partial charge is 0.508 e. The first kappa shape index (κ1) is 21.1. The van der Waals surface area contributed by atoms with Crippen LogP contribution in [0.2, 0.25) is 0 Å². The monoisotopic (exact) mass is 421 g/mol. The molecule has 0 aliphatic heterocycles. The molecule has 0 amide bonds. The average molecular weight is 421 g/mol. The number of para-hydroxylation sites is 1. The summed E-state index contributed by atoms with van der Waals surface area (Å²) < 4.78 is 2.17. The molecular formula is C28H23NO3. The molecule has 158 valence electrons. The summed E-state index contributed by atoms with van der Waals surface area (Å²) in [5.74, 6) is -0.344. The third-order valence-electron chi connectivity index (χ3n) is 5.17. The maximum absolute atomic E-state index is 12.3. The summed E-state index contributed by atoms with van der Waals surface area (Å²) >= 11 is 0. The highest BCUT2D eigenvalue weighted by Gasteiger charge is 2.08. The van der Waals surface area contributed by atoms with Gasteiger partial charge in [-0.05, 0) is 47.6 Å². The van der Waals surface area contributed by atoms with E-state index in [2.05, 4.69) is 22.8 Å². The summed E-state index contributed by atoms with van der Waals surface area (Å²) in [5.41, 5.74) is 4.02. The first-order chi connectivity index (χ1) is 15.6. The van der Waals surface area contributed by atoms with Crippen LogP contribution in [0.4, 0.5) is 0 Å². The van der Waals surface area contributed by atoms with E-state index in [9.17, 15) is 14.7 Å². The van der Waals surface area contributed by atoms with Gasteiger partial charge in [0.2, 0.25) is 0 Å². The van der Waals surface area contributed by atoms with E-state index in [-0.39, 0.29) is 23.7 Å². The van der Waals surface area contributed by atoms with Crippen molar-refractivity contribution in [2.75, 3.05) is 0 Å². The molecule has 0 unspecified atom stereocenters. The number of fused-ring (bicyclic) bond motifs is 1. The molecule has 0 fully saturated rings. The molecule has 0 atom stereocenters. The molecule has 1 N–H and O–H groups in total. The fourth-order valence-corrected chi connectivity index (χ4v) is 3.57. The molecule has 0 bridgehead atoms. The number of carbonyl (C=O) groups is 2. The van der Waals surface area contributed by atoms with Crippen molar-refractivity contribution in [3.8, 4) is 5.75 Å². The zero-order valence-corrected chi connectivity index (χ0v) is 17.5. The Morgan fingerprint density at radius 1 is 0.781 bits per heavy atom. The van der Waals surface area contributed by atoms with Crippen LogP contribution >= 0.6 is 0 Å². The van der Waals surface area contributed by atoms with Crippen LogP contribution in [0.15, 0.2) is 97.2 Å². The van der Waals surface area contributed by atoms with Crippen molar-refractivity contribution in [2.24, 2.45) is 0 Å². The van der Waals surface area contributed by atoms with Crippen molar-refractivity contribution >= 4 is 34.6 Å². The lowest BCUT2D eigenvalue weighted by molar-refractivity contribution is -0.121. The van der Waals surface area contributed by atoms with Crippen molar-refractivity contribution in [3.63, 3.8) is 0 Å². The standard InChI is InChI=1S/C28H23NO3/c30-24-14-10-21(11-15-24)12-16-25(31)18-26(32)17-13-23-20-29(19-22-6-2-1-3-7-22)28-9-5-4-8-27(23)28/h1-17,20,30H,18-19H2. The quantitative estimate of drug-likeness (QED) is 0.295. The number of rotatable bonds is 8. The van der Waals surface area contributed by atoms with E-state index >= 15 is 0 Å². The van der Waals surface area contributed by atoms with Gasteiger partial charge in [-0.3, -0.25) is 9.59 Å². The molecule has 0 aliphatic rings. The number of phenols is 1. The van der Waals surface area contributed by atoms with E-state index < -0.39 is 0 Å². The van der Waals surface area contributed by atoms with Gasteiger partial charge in [0, 0.05) is 29.2 Å². The number of hydrogen-bond donors (Lipinski definition) is 1. The van der Waals surface area contributed by atoms with Crippen molar-refractivity contribution in [3.05, 3.63) is 114 Å². The molecule has 0 saturated heterocycles. The number of benzene rings is 3. The smallest absolute Gasteiger partial charge is 0.163 e. The normalized spacial score (nSPS) is 11.5. The number of hydrogen-bond acceptors (Lipinski definition) is 3. The predicted octanol–water partition coefficient (Wildman–Crippen LogP) is 5.65. The molecule has 32 heavy (non-hydrogen) atoms. The zero-order chi connectivity index (χ0) is 22.3. The fraction of sp³-hybridized carbons (Fsp3) is 0.0714. The van der Waals surface area contributed by atoms with Gasteiger partial charge in [-0.1, -0.05) is 66.7 Å². The Hall–Kier alpha value is -4.18. The van der Waals surface area contributed by atoms with E-state index in [0.29, 0.717) is 0 Å². The Labute approximate surface area is 186 Å². The highest BCUT2D eigenvalue weighted by atomic mass is 16.3. The number of aromatic hydroxyl groups is 1.